The van der Waals surface area contributed by atoms with Crippen molar-refractivity contribution in [3.63, 3.8) is 0 Å². The average molecular weight is 805 g/mol. The number of carbonyl (C=O) groups is 1. The van der Waals surface area contributed by atoms with Crippen LogP contribution in [0.1, 0.15) is 71.6 Å². The summed E-state index contributed by atoms with van der Waals surface area (Å²) in [6, 6.07) is 0. The van der Waals surface area contributed by atoms with Gasteiger partial charge < -0.3 is 84.6 Å². The summed E-state index contributed by atoms with van der Waals surface area (Å²) in [5.74, 6) is -0.683. The van der Waals surface area contributed by atoms with Crippen molar-refractivity contribution in [3.8, 4) is 0 Å². The Hall–Kier alpha value is -1.43. The van der Waals surface area contributed by atoms with E-state index in [1.54, 1.807) is 0 Å². The molecule has 7 aliphatic rings. The van der Waals surface area contributed by atoms with Crippen LogP contribution in [0.15, 0.2) is 12.2 Å². The van der Waals surface area contributed by atoms with Crippen molar-refractivity contribution in [1.82, 2.24) is 0 Å². The van der Waals surface area contributed by atoms with Gasteiger partial charge in [-0.1, -0.05) is 19.9 Å². The van der Waals surface area contributed by atoms with Crippen molar-refractivity contribution in [2.45, 2.75) is 169 Å². The molecule has 16 unspecified atom stereocenters. The van der Waals surface area contributed by atoms with E-state index in [9.17, 15) is 61.0 Å². The number of carbonyl (C=O) groups excluding carboxylic acids is 1. The lowest BCUT2D eigenvalue weighted by molar-refractivity contribution is -0.363. The van der Waals surface area contributed by atoms with E-state index in [1.165, 1.54) is 0 Å². The molecule has 0 radical (unpaired) electrons. The minimum atomic E-state index is -1.86. The van der Waals surface area contributed by atoms with Crippen molar-refractivity contribution in [1.29, 1.82) is 0 Å². The summed E-state index contributed by atoms with van der Waals surface area (Å²) in [5.41, 5.74) is -1.68. The van der Waals surface area contributed by atoms with Crippen LogP contribution in [-0.2, 0) is 33.2 Å². The number of ether oxygens (including phenoxy) is 6. The summed E-state index contributed by atoms with van der Waals surface area (Å²) in [7, 11) is 0. The van der Waals surface area contributed by atoms with Gasteiger partial charge in [-0.2, -0.15) is 0 Å². The van der Waals surface area contributed by atoms with Crippen LogP contribution in [0.25, 0.3) is 0 Å². The van der Waals surface area contributed by atoms with E-state index in [0.717, 1.165) is 18.4 Å². The number of hydrogen-bond donors (Lipinski definition) is 11. The summed E-state index contributed by atoms with van der Waals surface area (Å²) >= 11 is 0. The van der Waals surface area contributed by atoms with Gasteiger partial charge in [0.15, 0.2) is 18.7 Å². The predicted molar refractivity (Wildman–Crippen MR) is 186 cm³/mol. The van der Waals surface area contributed by atoms with Crippen molar-refractivity contribution in [2.24, 2.45) is 28.1 Å². The van der Waals surface area contributed by atoms with Crippen LogP contribution in [0.3, 0.4) is 0 Å². The van der Waals surface area contributed by atoms with Crippen LogP contribution in [0, 0.1) is 28.1 Å². The molecule has 21 atom stereocenters. The van der Waals surface area contributed by atoms with Gasteiger partial charge in [-0.3, -0.25) is 4.79 Å². The third-order valence-corrected chi connectivity index (χ3v) is 15.0. The number of aliphatic hydroxyl groups excluding tert-OH is 11. The second kappa shape index (κ2) is 15.6. The summed E-state index contributed by atoms with van der Waals surface area (Å²) in [6.07, 6.45) is -18.0. The first-order valence-corrected chi connectivity index (χ1v) is 19.9. The van der Waals surface area contributed by atoms with Crippen LogP contribution in [-0.4, -0.2) is 180 Å². The van der Waals surface area contributed by atoms with E-state index in [1.807, 2.05) is 6.92 Å². The third-order valence-electron chi connectivity index (χ3n) is 15.0. The van der Waals surface area contributed by atoms with Gasteiger partial charge in [-0.15, -0.1) is 0 Å². The number of rotatable bonds is 9. The monoisotopic (exact) mass is 804 g/mol. The number of fused-ring (bicyclic) bond motifs is 3. The van der Waals surface area contributed by atoms with Gasteiger partial charge in [-0.05, 0) is 86.5 Å². The van der Waals surface area contributed by atoms with Crippen LogP contribution in [0.5, 0.6) is 0 Å². The van der Waals surface area contributed by atoms with Crippen molar-refractivity contribution < 1.29 is 89.4 Å². The molecule has 7 fully saturated rings. The molecule has 7 rings (SSSR count). The van der Waals surface area contributed by atoms with Gasteiger partial charge in [0.1, 0.15) is 67.1 Å². The molecule has 11 N–H and O–H groups in total. The smallest absolute Gasteiger partial charge is 0.314 e. The maximum absolute atomic E-state index is 14.6. The molecule has 56 heavy (non-hydrogen) atoms. The molecule has 18 heteroatoms. The van der Waals surface area contributed by atoms with Gasteiger partial charge >= 0.3 is 5.97 Å². The van der Waals surface area contributed by atoms with Crippen molar-refractivity contribution in [3.05, 3.63) is 12.2 Å². The molecule has 18 nitrogen and oxygen atoms in total. The average Bonchev–Trinajstić information content (AvgIpc) is 3.37. The molecule has 0 amide bonds. The molecule has 3 saturated heterocycles. The standard InChI is InChI=1S/C38H60O18/c1-16-11-37-9-5-20-35(2,21(37)6-10-38(16,15-37)56-32-29(49)26(46)23(43)18(13-40)52-32)7-4-8-36(20,3)34(50)55-33-30(27(47)24(44)19(14-41)53-33)54-31-28(48)25(45)22(42)17(12-39)51-31/h17-33,39-49H,1,4-15H2,2-3H3/t17?,18?,19?,20?,21-,22?,23?,24?,25?,26?,27?,28?,29?,30?,31?,32?,33?,35+,36+,37+,38-/m0/s1. The van der Waals surface area contributed by atoms with Gasteiger partial charge in [0, 0.05) is 0 Å². The van der Waals surface area contributed by atoms with Gasteiger partial charge in [-0.25, -0.2) is 0 Å². The lowest BCUT2D eigenvalue weighted by Gasteiger charge is -2.64. The first-order chi connectivity index (χ1) is 26.4. The zero-order valence-corrected chi connectivity index (χ0v) is 31.8. The molecule has 1 spiro atoms. The normalized spacial score (nSPS) is 54.6. The van der Waals surface area contributed by atoms with Gasteiger partial charge in [0.25, 0.3) is 0 Å². The minimum absolute atomic E-state index is 0.135. The molecule has 0 aromatic rings. The maximum atomic E-state index is 14.6. The van der Waals surface area contributed by atoms with Crippen LogP contribution in [0.4, 0.5) is 0 Å². The van der Waals surface area contributed by atoms with Crippen LogP contribution in [0.2, 0.25) is 0 Å². The highest BCUT2D eigenvalue weighted by atomic mass is 16.8. The van der Waals surface area contributed by atoms with Crippen LogP contribution >= 0.6 is 0 Å². The fourth-order valence-corrected chi connectivity index (χ4v) is 12.0. The quantitative estimate of drug-likeness (QED) is 0.0631. The molecule has 3 heterocycles. The lowest BCUT2D eigenvalue weighted by Crippen LogP contribution is -2.65. The van der Waals surface area contributed by atoms with Gasteiger partial charge in [0.2, 0.25) is 6.29 Å². The maximum Gasteiger partial charge on any atom is 0.314 e. The Balaban J connectivity index is 1.10. The second-order valence-electron chi connectivity index (χ2n) is 18.0. The number of aliphatic hydroxyl groups is 11. The van der Waals surface area contributed by atoms with E-state index in [0.29, 0.717) is 44.9 Å². The molecule has 4 aliphatic carbocycles. The Kier molecular flexibility index (Phi) is 11.9. The molecule has 0 aromatic carbocycles. The highest BCUT2D eigenvalue weighted by Crippen LogP contribution is 2.73. The van der Waals surface area contributed by atoms with E-state index in [2.05, 4.69) is 13.5 Å². The molecular weight excluding hydrogens is 744 g/mol. The topological polar surface area (TPSA) is 295 Å². The number of hydrogen-bond acceptors (Lipinski definition) is 18. The Morgan fingerprint density at radius 1 is 0.679 bits per heavy atom. The SMILES string of the molecule is C=C1C[C@@]23CCC4[C@](C)(C(=O)OC5OC(CO)C(O)C(O)C5OC5OC(CO)C(O)C(O)C5O)CCC[C@@]4(C)[C@@H]2CC[C@]1(OC1OC(CO)C(O)C(O)C1O)C3. The van der Waals surface area contributed by atoms with Crippen molar-refractivity contribution in [2.75, 3.05) is 19.8 Å². The van der Waals surface area contributed by atoms with E-state index >= 15 is 0 Å². The summed E-state index contributed by atoms with van der Waals surface area (Å²) < 4.78 is 35.4. The highest BCUT2D eigenvalue weighted by molar-refractivity contribution is 5.77. The van der Waals surface area contributed by atoms with Crippen molar-refractivity contribution >= 4 is 5.97 Å². The fraction of sp³-hybridized carbons (Fsp3) is 0.921. The lowest BCUT2D eigenvalue weighted by atomic mass is 9.41. The Labute approximate surface area is 324 Å². The predicted octanol–water partition coefficient (Wildman–Crippen LogP) is -2.94. The fourth-order valence-electron chi connectivity index (χ4n) is 12.0. The molecule has 320 valence electrons. The molecule has 0 aromatic heterocycles. The summed E-state index contributed by atoms with van der Waals surface area (Å²) in [6.45, 7) is 6.42. The zero-order chi connectivity index (χ0) is 40.7. The Morgan fingerprint density at radius 2 is 1.21 bits per heavy atom. The first kappa shape index (κ1) is 42.7. The minimum Gasteiger partial charge on any atom is -0.432 e. The summed E-state index contributed by atoms with van der Waals surface area (Å²) in [4.78, 5) is 14.6. The Morgan fingerprint density at radius 3 is 1.82 bits per heavy atom. The molecular formula is C38H60O18. The second-order valence-corrected chi connectivity index (χ2v) is 18.0. The van der Waals surface area contributed by atoms with E-state index in [4.69, 9.17) is 28.4 Å². The zero-order valence-electron chi connectivity index (χ0n) is 31.8. The number of esters is 1. The van der Waals surface area contributed by atoms with Crippen LogP contribution < -0.4 is 0 Å². The molecule has 4 saturated carbocycles. The third kappa shape index (κ3) is 6.69. The highest BCUT2D eigenvalue weighted by Gasteiger charge is 2.69. The van der Waals surface area contributed by atoms with E-state index < -0.39 is 129 Å². The largest absolute Gasteiger partial charge is 0.432 e. The summed E-state index contributed by atoms with van der Waals surface area (Å²) in [5, 5.41) is 114. The first-order valence-electron chi connectivity index (χ1n) is 19.9. The Bertz CT molecular complexity index is 1450. The van der Waals surface area contributed by atoms with E-state index in [-0.39, 0.29) is 22.7 Å². The molecule has 2 bridgehead atoms. The molecule has 3 aliphatic heterocycles. The van der Waals surface area contributed by atoms with Gasteiger partial charge in [0.05, 0.1) is 30.8 Å².